The third-order valence-corrected chi connectivity index (χ3v) is 5.12. The molecule has 0 aromatic heterocycles. The maximum Gasteiger partial charge on any atom is 0.161 e. The van der Waals surface area contributed by atoms with Gasteiger partial charge in [-0.3, -0.25) is 4.90 Å². The van der Waals surface area contributed by atoms with Gasteiger partial charge in [0.1, 0.15) is 0 Å². The van der Waals surface area contributed by atoms with Gasteiger partial charge in [-0.1, -0.05) is 36.4 Å². The lowest BCUT2D eigenvalue weighted by molar-refractivity contribution is 0.102. The van der Waals surface area contributed by atoms with Gasteiger partial charge in [-0.15, -0.1) is 0 Å². The molecule has 0 saturated carbocycles. The Balaban J connectivity index is 1.95. The zero-order valence-electron chi connectivity index (χ0n) is 17.9. The summed E-state index contributed by atoms with van der Waals surface area (Å²) >= 11 is 0. The molecule has 0 fully saturated rings. The molecule has 0 unspecified atom stereocenters. The van der Waals surface area contributed by atoms with E-state index in [9.17, 15) is 5.26 Å². The molecule has 2 aromatic rings. The predicted molar refractivity (Wildman–Crippen MR) is 115 cm³/mol. The molecule has 0 aliphatic carbocycles. The second-order valence-corrected chi connectivity index (χ2v) is 8.22. The van der Waals surface area contributed by atoms with E-state index in [0.717, 1.165) is 47.1 Å². The van der Waals surface area contributed by atoms with E-state index in [4.69, 9.17) is 9.47 Å². The SMILES string of the molecule is COc1ccc(CN2CC(C#N)=C(c3ccccc3)N(C(C)(C)C)C2)cc1OC. The molecule has 152 valence electrons. The van der Waals surface area contributed by atoms with E-state index in [2.05, 4.69) is 48.8 Å². The number of nitrogens with zero attached hydrogens (tertiary/aromatic N) is 3. The minimum atomic E-state index is -0.121. The van der Waals surface area contributed by atoms with Gasteiger partial charge >= 0.3 is 0 Å². The molecule has 2 aromatic carbocycles. The summed E-state index contributed by atoms with van der Waals surface area (Å²) in [6, 6.07) is 18.6. The van der Waals surface area contributed by atoms with Gasteiger partial charge in [-0.25, -0.2) is 0 Å². The fraction of sp³-hybridized carbons (Fsp3) is 0.375. The van der Waals surface area contributed by atoms with Crippen molar-refractivity contribution in [1.82, 2.24) is 9.80 Å². The lowest BCUT2D eigenvalue weighted by Gasteiger charge is -2.46. The van der Waals surface area contributed by atoms with E-state index in [1.165, 1.54) is 0 Å². The van der Waals surface area contributed by atoms with Gasteiger partial charge in [0.2, 0.25) is 0 Å². The molecule has 1 aliphatic rings. The maximum absolute atomic E-state index is 9.94. The van der Waals surface area contributed by atoms with Crippen molar-refractivity contribution in [1.29, 1.82) is 5.26 Å². The number of ether oxygens (including phenoxy) is 2. The van der Waals surface area contributed by atoms with E-state index >= 15 is 0 Å². The molecular weight excluding hydrogens is 362 g/mol. The average molecular weight is 392 g/mol. The molecule has 0 spiro atoms. The predicted octanol–water partition coefficient (Wildman–Crippen LogP) is 4.51. The highest BCUT2D eigenvalue weighted by Gasteiger charge is 2.33. The molecule has 3 rings (SSSR count). The van der Waals surface area contributed by atoms with Crippen LogP contribution in [0.2, 0.25) is 0 Å². The molecule has 0 radical (unpaired) electrons. The average Bonchev–Trinajstić information content (AvgIpc) is 2.73. The largest absolute Gasteiger partial charge is 0.493 e. The smallest absolute Gasteiger partial charge is 0.161 e. The number of benzene rings is 2. The maximum atomic E-state index is 9.94. The third kappa shape index (κ3) is 4.55. The van der Waals surface area contributed by atoms with E-state index in [1.54, 1.807) is 14.2 Å². The molecule has 1 aliphatic heterocycles. The summed E-state index contributed by atoms with van der Waals surface area (Å²) in [5, 5.41) is 9.94. The lowest BCUT2D eigenvalue weighted by atomic mass is 9.97. The van der Waals surface area contributed by atoms with Crippen LogP contribution in [0.25, 0.3) is 5.70 Å². The first-order valence-electron chi connectivity index (χ1n) is 9.77. The Morgan fingerprint density at radius 3 is 2.28 bits per heavy atom. The quantitative estimate of drug-likeness (QED) is 0.750. The van der Waals surface area contributed by atoms with Crippen molar-refractivity contribution in [2.45, 2.75) is 32.9 Å². The molecule has 0 bridgehead atoms. The third-order valence-electron chi connectivity index (χ3n) is 5.12. The van der Waals surface area contributed by atoms with Gasteiger partial charge in [0.15, 0.2) is 11.5 Å². The highest BCUT2D eigenvalue weighted by atomic mass is 16.5. The fourth-order valence-electron chi connectivity index (χ4n) is 3.69. The number of rotatable bonds is 5. The lowest BCUT2D eigenvalue weighted by Crippen LogP contribution is -2.50. The molecule has 0 amide bonds. The van der Waals surface area contributed by atoms with Crippen LogP contribution in [0.5, 0.6) is 11.5 Å². The molecule has 5 heteroatoms. The van der Waals surface area contributed by atoms with Crippen LogP contribution in [-0.2, 0) is 6.54 Å². The van der Waals surface area contributed by atoms with Gasteiger partial charge in [-0.2, -0.15) is 5.26 Å². The van der Waals surface area contributed by atoms with Crippen molar-refractivity contribution in [3.8, 4) is 17.6 Å². The number of nitriles is 1. The van der Waals surface area contributed by atoms with E-state index in [1.807, 2.05) is 36.4 Å². The Labute approximate surface area is 173 Å². The normalized spacial score (nSPS) is 15.2. The summed E-state index contributed by atoms with van der Waals surface area (Å²) in [5.74, 6) is 1.44. The van der Waals surface area contributed by atoms with Gasteiger partial charge < -0.3 is 14.4 Å². The Hall–Kier alpha value is -2.97. The number of hydrogen-bond acceptors (Lipinski definition) is 5. The molecular formula is C24H29N3O2. The van der Waals surface area contributed by atoms with E-state index < -0.39 is 0 Å². The van der Waals surface area contributed by atoms with Crippen molar-refractivity contribution < 1.29 is 9.47 Å². The summed E-state index contributed by atoms with van der Waals surface area (Å²) in [5.41, 5.74) is 3.91. The summed E-state index contributed by atoms with van der Waals surface area (Å²) < 4.78 is 10.8. The molecule has 0 N–H and O–H groups in total. The van der Waals surface area contributed by atoms with Crippen molar-refractivity contribution >= 4 is 5.70 Å². The number of methoxy groups -OCH3 is 2. The topological polar surface area (TPSA) is 48.7 Å². The van der Waals surface area contributed by atoms with Gasteiger partial charge in [0, 0.05) is 18.6 Å². The fourth-order valence-corrected chi connectivity index (χ4v) is 3.69. The van der Waals surface area contributed by atoms with Gasteiger partial charge in [0.05, 0.1) is 38.2 Å². The first kappa shape index (κ1) is 20.8. The van der Waals surface area contributed by atoms with Crippen LogP contribution < -0.4 is 9.47 Å². The van der Waals surface area contributed by atoms with Crippen LogP contribution in [0, 0.1) is 11.3 Å². The Morgan fingerprint density at radius 2 is 1.69 bits per heavy atom. The summed E-state index contributed by atoms with van der Waals surface area (Å²) in [6.07, 6.45) is 0. The van der Waals surface area contributed by atoms with E-state index in [0.29, 0.717) is 6.54 Å². The van der Waals surface area contributed by atoms with Gasteiger partial charge in [-0.05, 0) is 44.0 Å². The zero-order valence-corrected chi connectivity index (χ0v) is 17.9. The minimum absolute atomic E-state index is 0.121. The highest BCUT2D eigenvalue weighted by Crippen LogP contribution is 2.35. The molecule has 1 heterocycles. The van der Waals surface area contributed by atoms with Crippen LogP contribution in [-0.4, -0.2) is 42.8 Å². The summed E-state index contributed by atoms with van der Waals surface area (Å²) in [6.45, 7) is 8.63. The molecule has 29 heavy (non-hydrogen) atoms. The van der Waals surface area contributed by atoms with Crippen molar-refractivity contribution in [2.24, 2.45) is 0 Å². The monoisotopic (exact) mass is 391 g/mol. The van der Waals surface area contributed by atoms with Crippen molar-refractivity contribution in [3.05, 3.63) is 65.2 Å². The van der Waals surface area contributed by atoms with Crippen molar-refractivity contribution in [2.75, 3.05) is 27.4 Å². The second kappa shape index (κ2) is 8.59. The Morgan fingerprint density at radius 1 is 1.00 bits per heavy atom. The molecule has 0 atom stereocenters. The van der Waals surface area contributed by atoms with Crippen LogP contribution in [0.15, 0.2) is 54.1 Å². The van der Waals surface area contributed by atoms with Crippen LogP contribution in [0.3, 0.4) is 0 Å². The second-order valence-electron chi connectivity index (χ2n) is 8.22. The van der Waals surface area contributed by atoms with Gasteiger partial charge in [0.25, 0.3) is 0 Å². The first-order valence-corrected chi connectivity index (χ1v) is 9.77. The van der Waals surface area contributed by atoms with Crippen molar-refractivity contribution in [3.63, 3.8) is 0 Å². The first-order chi connectivity index (χ1) is 13.9. The number of hydrogen-bond donors (Lipinski definition) is 0. The molecule has 0 saturated heterocycles. The Kier molecular flexibility index (Phi) is 6.14. The standard InChI is InChI=1S/C24H29N3O2/c1-24(2,3)27-17-26(15-18-11-12-21(28-4)22(13-18)29-5)16-20(14-25)23(27)19-9-7-6-8-10-19/h6-13H,15-17H2,1-5H3. The summed E-state index contributed by atoms with van der Waals surface area (Å²) in [4.78, 5) is 4.61. The Bertz CT molecular complexity index is 923. The van der Waals surface area contributed by atoms with Crippen LogP contribution in [0.1, 0.15) is 31.9 Å². The zero-order chi connectivity index (χ0) is 21.0. The highest BCUT2D eigenvalue weighted by molar-refractivity contribution is 5.72. The van der Waals surface area contributed by atoms with Crippen LogP contribution >= 0.6 is 0 Å². The summed E-state index contributed by atoms with van der Waals surface area (Å²) in [7, 11) is 3.28. The minimum Gasteiger partial charge on any atom is -0.493 e. The molecule has 5 nitrogen and oxygen atoms in total. The van der Waals surface area contributed by atoms with E-state index in [-0.39, 0.29) is 5.54 Å². The van der Waals surface area contributed by atoms with Crippen LogP contribution in [0.4, 0.5) is 0 Å².